The minimum Gasteiger partial charge on any atom is -0.387 e. The Hall–Kier alpha value is -2.90. The second kappa shape index (κ2) is 11.8. The van der Waals surface area contributed by atoms with Gasteiger partial charge in [-0.05, 0) is 23.0 Å². The predicted molar refractivity (Wildman–Crippen MR) is 136 cm³/mol. The van der Waals surface area contributed by atoms with E-state index >= 15 is 0 Å². The van der Waals surface area contributed by atoms with Crippen molar-refractivity contribution < 1.29 is 0 Å². The zero-order valence-corrected chi connectivity index (χ0v) is 19.9. The summed E-state index contributed by atoms with van der Waals surface area (Å²) in [5, 5.41) is 11.2. The smallest absolute Gasteiger partial charge is 0.124 e. The Bertz CT molecular complexity index is 899. The van der Waals surface area contributed by atoms with Gasteiger partial charge in [0.25, 0.3) is 0 Å². The van der Waals surface area contributed by atoms with Crippen molar-refractivity contribution in [2.24, 2.45) is 46.1 Å². The maximum Gasteiger partial charge on any atom is 0.124 e. The Balaban J connectivity index is 0.000000186. The highest BCUT2D eigenvalue weighted by Gasteiger charge is 2.32. The Morgan fingerprint density at radius 2 is 1.21 bits per heavy atom. The number of benzene rings is 2. The summed E-state index contributed by atoms with van der Waals surface area (Å²) >= 11 is 0. The van der Waals surface area contributed by atoms with Gasteiger partial charge < -0.3 is 17.3 Å². The average molecular weight is 450 g/mol. The van der Waals surface area contributed by atoms with Gasteiger partial charge >= 0.3 is 0 Å². The number of nitrogens with one attached hydrogen (secondary N) is 1. The van der Waals surface area contributed by atoms with E-state index in [0.717, 1.165) is 39.3 Å². The normalized spacial score (nSPS) is 26.1. The van der Waals surface area contributed by atoms with Crippen LogP contribution in [0.4, 0.5) is 0 Å². The van der Waals surface area contributed by atoms with Gasteiger partial charge in [0.15, 0.2) is 0 Å². The van der Waals surface area contributed by atoms with Crippen LogP contribution in [0.25, 0.3) is 0 Å². The molecule has 4 atom stereocenters. The van der Waals surface area contributed by atoms with Gasteiger partial charge in [-0.15, -0.1) is 0 Å². The van der Waals surface area contributed by atoms with Crippen LogP contribution < -0.4 is 17.3 Å². The molecule has 4 rings (SSSR count). The Morgan fingerprint density at radius 1 is 0.788 bits per heavy atom. The molecule has 2 heterocycles. The summed E-state index contributed by atoms with van der Waals surface area (Å²) in [6.45, 7) is 10.3. The monoisotopic (exact) mass is 449 g/mol. The highest BCUT2D eigenvalue weighted by atomic mass is 15.2. The van der Waals surface area contributed by atoms with Crippen molar-refractivity contribution in [2.75, 3.05) is 26.2 Å². The van der Waals surface area contributed by atoms with E-state index in [2.05, 4.69) is 77.3 Å². The van der Waals surface area contributed by atoms with Crippen LogP contribution in [0.1, 0.15) is 25.0 Å². The summed E-state index contributed by atoms with van der Waals surface area (Å²) in [7, 11) is 0. The molecule has 2 aliphatic heterocycles. The molecule has 178 valence electrons. The molecule has 0 amide bonds. The largest absolute Gasteiger partial charge is 0.387 e. The maximum absolute atomic E-state index is 7.54. The van der Waals surface area contributed by atoms with E-state index < -0.39 is 0 Å². The quantitative estimate of drug-likeness (QED) is 0.234. The molecule has 7 nitrogen and oxygen atoms in total. The van der Waals surface area contributed by atoms with Crippen molar-refractivity contribution >= 4 is 11.7 Å². The Kier molecular flexibility index (Phi) is 8.86. The fourth-order valence-corrected chi connectivity index (χ4v) is 4.96. The molecular formula is C26H39N7. The first-order chi connectivity index (χ1) is 15.9. The Labute approximate surface area is 198 Å². The van der Waals surface area contributed by atoms with Crippen LogP contribution in [0.2, 0.25) is 0 Å². The molecule has 0 aliphatic carbocycles. The molecule has 0 radical (unpaired) electrons. The average Bonchev–Trinajstić information content (AvgIpc) is 3.36. The van der Waals surface area contributed by atoms with E-state index in [-0.39, 0.29) is 5.92 Å². The molecule has 0 spiro atoms. The van der Waals surface area contributed by atoms with Crippen LogP contribution in [0.15, 0.2) is 65.8 Å². The number of rotatable bonds is 6. The molecule has 2 saturated heterocycles. The zero-order valence-electron chi connectivity index (χ0n) is 19.9. The third kappa shape index (κ3) is 7.04. The number of amidine groups is 2. The minimum atomic E-state index is 0.240. The lowest BCUT2D eigenvalue weighted by Crippen LogP contribution is -2.30. The van der Waals surface area contributed by atoms with Crippen LogP contribution in [-0.2, 0) is 13.1 Å². The highest BCUT2D eigenvalue weighted by Crippen LogP contribution is 2.25. The van der Waals surface area contributed by atoms with Crippen LogP contribution >= 0.6 is 0 Å². The van der Waals surface area contributed by atoms with Crippen molar-refractivity contribution in [3.05, 3.63) is 71.8 Å². The minimum absolute atomic E-state index is 0.240. The number of likely N-dealkylation sites (tertiary alicyclic amines) is 2. The molecule has 0 bridgehead atoms. The van der Waals surface area contributed by atoms with Crippen LogP contribution in [-0.4, -0.2) is 47.7 Å². The van der Waals surface area contributed by atoms with Gasteiger partial charge in [-0.25, -0.2) is 0 Å². The lowest BCUT2D eigenvalue weighted by molar-refractivity contribution is 0.318. The number of hydrogen-bond donors (Lipinski definition) is 4. The van der Waals surface area contributed by atoms with Crippen LogP contribution in [0.3, 0.4) is 0 Å². The number of hydrazone groups is 1. The first-order valence-corrected chi connectivity index (χ1v) is 11.8. The van der Waals surface area contributed by atoms with Crippen molar-refractivity contribution in [2.45, 2.75) is 26.9 Å². The number of nitrogens with zero attached hydrogens (tertiary/aromatic N) is 3. The fraction of sp³-hybridized carbons (Fsp3) is 0.462. The van der Waals surface area contributed by atoms with Gasteiger partial charge in [0.05, 0.1) is 5.84 Å². The van der Waals surface area contributed by atoms with Crippen molar-refractivity contribution in [1.29, 1.82) is 5.41 Å². The van der Waals surface area contributed by atoms with E-state index in [9.17, 15) is 0 Å². The van der Waals surface area contributed by atoms with Crippen molar-refractivity contribution in [1.82, 2.24) is 9.80 Å². The molecule has 0 aromatic heterocycles. The van der Waals surface area contributed by atoms with E-state index in [4.69, 9.17) is 22.7 Å². The molecule has 2 aliphatic rings. The third-order valence-electron chi connectivity index (χ3n) is 6.80. The fourth-order valence-electron chi connectivity index (χ4n) is 4.96. The maximum atomic E-state index is 7.54. The SMILES string of the molecule is CC1CN(Cc2ccccc2)CC1C(=N)N.CC1CN(Cc2ccccc2)CC1C(N)=NN. The number of nitrogens with two attached hydrogens (primary N) is 3. The summed E-state index contributed by atoms with van der Waals surface area (Å²) < 4.78 is 0. The molecule has 4 unspecified atom stereocenters. The summed E-state index contributed by atoms with van der Waals surface area (Å²) in [6, 6.07) is 20.9. The summed E-state index contributed by atoms with van der Waals surface area (Å²) in [6.07, 6.45) is 0. The summed E-state index contributed by atoms with van der Waals surface area (Å²) in [5.74, 6) is 7.72. The third-order valence-corrected chi connectivity index (χ3v) is 6.80. The second-order valence-corrected chi connectivity index (χ2v) is 9.54. The zero-order chi connectivity index (χ0) is 23.8. The van der Waals surface area contributed by atoms with Gasteiger partial charge in [-0.3, -0.25) is 15.2 Å². The van der Waals surface area contributed by atoms with Crippen molar-refractivity contribution in [3.8, 4) is 0 Å². The summed E-state index contributed by atoms with van der Waals surface area (Å²) in [5.41, 5.74) is 14.1. The molecule has 2 fully saturated rings. The second-order valence-electron chi connectivity index (χ2n) is 9.54. The van der Waals surface area contributed by atoms with E-state index in [1.807, 2.05) is 12.1 Å². The molecule has 7 heteroatoms. The van der Waals surface area contributed by atoms with E-state index in [1.54, 1.807) is 0 Å². The molecule has 7 N–H and O–H groups in total. The van der Waals surface area contributed by atoms with Crippen LogP contribution in [0.5, 0.6) is 0 Å². The lowest BCUT2D eigenvalue weighted by atomic mass is 9.97. The first-order valence-electron chi connectivity index (χ1n) is 11.8. The highest BCUT2D eigenvalue weighted by molar-refractivity contribution is 5.83. The topological polar surface area (TPSA) is 121 Å². The molecular weight excluding hydrogens is 410 g/mol. The molecule has 2 aromatic rings. The molecule has 0 saturated carbocycles. The van der Waals surface area contributed by atoms with Gasteiger partial charge in [0, 0.05) is 51.1 Å². The van der Waals surface area contributed by atoms with E-state index in [1.165, 1.54) is 11.1 Å². The molecule has 2 aromatic carbocycles. The standard InChI is InChI=1S/C13H20N4.C13H19N3/c1-10-7-17(9-12(10)13(14)16-15)8-11-5-3-2-4-6-11;1-10-7-16(9-12(10)13(14)15)8-11-5-3-2-4-6-11/h2-6,10,12H,7-9,15H2,1H3,(H2,14,16);2-6,10,12H,7-9H2,1H3,(H3,14,15). The lowest BCUT2D eigenvalue weighted by Gasteiger charge is -2.15. The van der Waals surface area contributed by atoms with Crippen LogP contribution in [0, 0.1) is 29.1 Å². The summed E-state index contributed by atoms with van der Waals surface area (Å²) in [4.78, 5) is 4.79. The van der Waals surface area contributed by atoms with E-state index in [0.29, 0.717) is 29.4 Å². The predicted octanol–water partition coefficient (Wildman–Crippen LogP) is 2.68. The molecule has 33 heavy (non-hydrogen) atoms. The number of hydrogen-bond acceptors (Lipinski definition) is 5. The first kappa shape index (κ1) is 24.7. The van der Waals surface area contributed by atoms with Gasteiger partial charge in [-0.2, -0.15) is 5.10 Å². The van der Waals surface area contributed by atoms with Gasteiger partial charge in [0.2, 0.25) is 0 Å². The van der Waals surface area contributed by atoms with Gasteiger partial charge in [0.1, 0.15) is 5.84 Å². The Morgan fingerprint density at radius 3 is 1.61 bits per heavy atom. The van der Waals surface area contributed by atoms with Gasteiger partial charge in [-0.1, -0.05) is 74.5 Å². The van der Waals surface area contributed by atoms with Crippen molar-refractivity contribution in [3.63, 3.8) is 0 Å².